The van der Waals surface area contributed by atoms with E-state index in [4.69, 9.17) is 5.73 Å². The number of nitrogens with zero attached hydrogens (tertiary/aromatic N) is 1. The molecule has 0 atom stereocenters. The van der Waals surface area contributed by atoms with Crippen LogP contribution in [0.5, 0.6) is 0 Å². The molecule has 0 aliphatic carbocycles. The first-order valence-corrected chi connectivity index (χ1v) is 5.91. The fourth-order valence-corrected chi connectivity index (χ4v) is 1.57. The number of hydrogen-bond acceptors (Lipinski definition) is 3. The predicted molar refractivity (Wildman–Crippen MR) is 74.5 cm³/mol. The zero-order valence-electron chi connectivity index (χ0n) is 10.6. The van der Waals surface area contributed by atoms with Crippen molar-refractivity contribution in [3.8, 4) is 11.8 Å². The number of halogens is 1. The molecule has 0 unspecified atom stereocenters. The minimum atomic E-state index is -0.461. The lowest BCUT2D eigenvalue weighted by Crippen LogP contribution is -2.14. The van der Waals surface area contributed by atoms with Crippen molar-refractivity contribution in [2.45, 2.75) is 0 Å². The second kappa shape index (κ2) is 6.45. The van der Waals surface area contributed by atoms with Gasteiger partial charge in [-0.1, -0.05) is 24.0 Å². The van der Waals surface area contributed by atoms with Gasteiger partial charge in [-0.2, -0.15) is 0 Å². The van der Waals surface area contributed by atoms with Gasteiger partial charge in [0.05, 0.1) is 18.3 Å². The van der Waals surface area contributed by atoms with Crippen LogP contribution in [0.2, 0.25) is 0 Å². The number of rotatable bonds is 2. The standard InChI is InChI=1S/C15H12FN3O/c16-12-7-8-14(18-10-12)19-15(20)13-6-2-1-4-11(13)5-3-9-17/h1-2,4,6-8,10H,9,17H2,(H,18,19,20). The van der Waals surface area contributed by atoms with Crippen molar-refractivity contribution in [1.82, 2.24) is 4.98 Å². The van der Waals surface area contributed by atoms with E-state index in [2.05, 4.69) is 22.1 Å². The zero-order valence-corrected chi connectivity index (χ0v) is 10.6. The Balaban J connectivity index is 2.23. The number of aromatic nitrogens is 1. The number of anilines is 1. The van der Waals surface area contributed by atoms with E-state index in [1.54, 1.807) is 24.3 Å². The number of pyridine rings is 1. The number of carbonyl (C=O) groups excluding carboxylic acids is 1. The molecule has 0 saturated carbocycles. The van der Waals surface area contributed by atoms with Gasteiger partial charge in [-0.3, -0.25) is 4.79 Å². The maximum atomic E-state index is 12.7. The molecule has 4 nitrogen and oxygen atoms in total. The molecule has 0 aliphatic heterocycles. The smallest absolute Gasteiger partial charge is 0.258 e. The topological polar surface area (TPSA) is 68.0 Å². The monoisotopic (exact) mass is 269 g/mol. The Kier molecular flexibility index (Phi) is 4.43. The molecule has 1 aromatic carbocycles. The molecule has 0 fully saturated rings. The molecule has 0 saturated heterocycles. The van der Waals surface area contributed by atoms with Crippen molar-refractivity contribution in [1.29, 1.82) is 0 Å². The average Bonchev–Trinajstić information content (AvgIpc) is 2.47. The molecule has 3 N–H and O–H groups in total. The normalized spacial score (nSPS) is 9.50. The third-order valence-corrected chi connectivity index (χ3v) is 2.47. The van der Waals surface area contributed by atoms with Crippen molar-refractivity contribution in [2.24, 2.45) is 5.73 Å². The van der Waals surface area contributed by atoms with Crippen LogP contribution in [0.25, 0.3) is 0 Å². The first-order valence-electron chi connectivity index (χ1n) is 5.91. The molecule has 0 spiro atoms. The second-order valence-electron chi connectivity index (χ2n) is 3.87. The number of nitrogens with two attached hydrogens (primary N) is 1. The highest BCUT2D eigenvalue weighted by atomic mass is 19.1. The summed E-state index contributed by atoms with van der Waals surface area (Å²) in [5.74, 6) is 5.00. The van der Waals surface area contributed by atoms with Crippen LogP contribution in [0.3, 0.4) is 0 Å². The fraction of sp³-hybridized carbons (Fsp3) is 0.0667. The molecule has 5 heteroatoms. The summed E-state index contributed by atoms with van der Waals surface area (Å²) in [5, 5.41) is 2.59. The van der Waals surface area contributed by atoms with Crippen molar-refractivity contribution in [2.75, 3.05) is 11.9 Å². The Hall–Kier alpha value is -2.71. The average molecular weight is 269 g/mol. The molecule has 1 heterocycles. The summed E-state index contributed by atoms with van der Waals surface area (Å²) < 4.78 is 12.7. The highest BCUT2D eigenvalue weighted by Gasteiger charge is 2.10. The molecular weight excluding hydrogens is 257 g/mol. The van der Waals surface area contributed by atoms with Crippen molar-refractivity contribution >= 4 is 11.7 Å². The summed E-state index contributed by atoms with van der Waals surface area (Å²) in [6.45, 7) is 0.218. The van der Waals surface area contributed by atoms with Gasteiger partial charge in [0, 0.05) is 5.56 Å². The number of hydrogen-bond donors (Lipinski definition) is 2. The van der Waals surface area contributed by atoms with Crippen LogP contribution in [0, 0.1) is 17.7 Å². The summed E-state index contributed by atoms with van der Waals surface area (Å²) in [5.41, 5.74) is 6.32. The van der Waals surface area contributed by atoms with Crippen LogP contribution in [0.15, 0.2) is 42.6 Å². The lowest BCUT2D eigenvalue weighted by Gasteiger charge is -2.06. The van der Waals surface area contributed by atoms with Gasteiger partial charge in [0.25, 0.3) is 5.91 Å². The van der Waals surface area contributed by atoms with E-state index in [9.17, 15) is 9.18 Å². The molecule has 100 valence electrons. The van der Waals surface area contributed by atoms with Crippen LogP contribution < -0.4 is 11.1 Å². The first kappa shape index (κ1) is 13.7. The van der Waals surface area contributed by atoms with Crippen LogP contribution in [-0.2, 0) is 0 Å². The molecule has 2 aromatic rings. The molecule has 0 aliphatic rings. The van der Waals surface area contributed by atoms with Crippen LogP contribution in [-0.4, -0.2) is 17.4 Å². The van der Waals surface area contributed by atoms with Crippen molar-refractivity contribution < 1.29 is 9.18 Å². The van der Waals surface area contributed by atoms with Gasteiger partial charge < -0.3 is 11.1 Å². The third kappa shape index (κ3) is 3.40. The summed E-state index contributed by atoms with van der Waals surface area (Å²) in [6, 6.07) is 9.52. The van der Waals surface area contributed by atoms with Crippen LogP contribution >= 0.6 is 0 Å². The van der Waals surface area contributed by atoms with Gasteiger partial charge >= 0.3 is 0 Å². The Morgan fingerprint density at radius 3 is 2.80 bits per heavy atom. The van der Waals surface area contributed by atoms with E-state index in [-0.39, 0.29) is 18.3 Å². The fourth-order valence-electron chi connectivity index (χ4n) is 1.57. The largest absolute Gasteiger partial charge is 0.320 e. The summed E-state index contributed by atoms with van der Waals surface area (Å²) >= 11 is 0. The van der Waals surface area contributed by atoms with E-state index in [1.165, 1.54) is 12.1 Å². The predicted octanol–water partition coefficient (Wildman–Crippen LogP) is 1.78. The molecule has 0 bridgehead atoms. The molecular formula is C15H12FN3O. The van der Waals surface area contributed by atoms with Gasteiger partial charge in [0.15, 0.2) is 0 Å². The number of carbonyl (C=O) groups is 1. The minimum absolute atomic E-state index is 0.218. The van der Waals surface area contributed by atoms with Crippen LogP contribution in [0.1, 0.15) is 15.9 Å². The zero-order chi connectivity index (χ0) is 14.4. The lowest BCUT2D eigenvalue weighted by molar-refractivity contribution is 0.102. The first-order chi connectivity index (χ1) is 9.70. The summed E-state index contributed by atoms with van der Waals surface area (Å²) in [6.07, 6.45) is 1.04. The molecule has 0 radical (unpaired) electrons. The van der Waals surface area contributed by atoms with Crippen molar-refractivity contribution in [3.63, 3.8) is 0 Å². The number of amides is 1. The number of benzene rings is 1. The second-order valence-corrected chi connectivity index (χ2v) is 3.87. The molecule has 2 rings (SSSR count). The molecule has 1 aromatic heterocycles. The SMILES string of the molecule is NCC#Cc1ccccc1C(=O)Nc1ccc(F)cn1. The molecule has 20 heavy (non-hydrogen) atoms. The van der Waals surface area contributed by atoms with E-state index < -0.39 is 5.82 Å². The summed E-state index contributed by atoms with van der Waals surface area (Å²) in [7, 11) is 0. The minimum Gasteiger partial charge on any atom is -0.320 e. The van der Waals surface area contributed by atoms with E-state index in [1.807, 2.05) is 0 Å². The lowest BCUT2D eigenvalue weighted by atomic mass is 10.1. The summed E-state index contributed by atoms with van der Waals surface area (Å²) in [4.78, 5) is 15.9. The van der Waals surface area contributed by atoms with Gasteiger partial charge in [-0.25, -0.2) is 9.37 Å². The van der Waals surface area contributed by atoms with E-state index >= 15 is 0 Å². The maximum Gasteiger partial charge on any atom is 0.258 e. The van der Waals surface area contributed by atoms with E-state index in [0.717, 1.165) is 6.20 Å². The highest BCUT2D eigenvalue weighted by Crippen LogP contribution is 2.11. The Labute approximate surface area is 115 Å². The van der Waals surface area contributed by atoms with Crippen molar-refractivity contribution in [3.05, 3.63) is 59.5 Å². The Bertz CT molecular complexity index is 672. The van der Waals surface area contributed by atoms with Gasteiger partial charge in [-0.15, -0.1) is 0 Å². The van der Waals surface area contributed by atoms with Crippen LogP contribution in [0.4, 0.5) is 10.2 Å². The number of nitrogens with one attached hydrogen (secondary N) is 1. The van der Waals surface area contributed by atoms with E-state index in [0.29, 0.717) is 11.1 Å². The Morgan fingerprint density at radius 1 is 1.30 bits per heavy atom. The maximum absolute atomic E-state index is 12.7. The molecule has 1 amide bonds. The Morgan fingerprint density at radius 2 is 2.10 bits per heavy atom. The highest BCUT2D eigenvalue weighted by molar-refractivity contribution is 6.05. The van der Waals surface area contributed by atoms with Gasteiger partial charge in [-0.05, 0) is 24.3 Å². The van der Waals surface area contributed by atoms with Gasteiger partial charge in [0.1, 0.15) is 11.6 Å². The van der Waals surface area contributed by atoms with Gasteiger partial charge in [0.2, 0.25) is 0 Å². The third-order valence-electron chi connectivity index (χ3n) is 2.47. The quantitative estimate of drug-likeness (QED) is 0.817.